The molecule has 5 aromatic rings. The van der Waals surface area contributed by atoms with Crippen molar-refractivity contribution in [1.82, 2.24) is 9.55 Å². The molecule has 0 spiro atoms. The summed E-state index contributed by atoms with van der Waals surface area (Å²) in [5.74, 6) is -0.556. The molecule has 5 nitrogen and oxygen atoms in total. The lowest BCUT2D eigenvalue weighted by atomic mass is 9.97. The number of aromatic nitrogens is 2. The molecule has 180 valence electrons. The summed E-state index contributed by atoms with van der Waals surface area (Å²) < 4.78 is 14.9. The van der Waals surface area contributed by atoms with Crippen molar-refractivity contribution < 1.29 is 9.18 Å². The third-order valence-electron chi connectivity index (χ3n) is 6.43. The van der Waals surface area contributed by atoms with Crippen LogP contribution >= 0.6 is 23.1 Å². The number of rotatable bonds is 5. The first-order valence-electron chi connectivity index (χ1n) is 11.8. The maximum absolute atomic E-state index is 14.1. The molecule has 2 heterocycles. The van der Waals surface area contributed by atoms with Crippen molar-refractivity contribution in [2.24, 2.45) is 0 Å². The molecule has 8 heteroatoms. The van der Waals surface area contributed by atoms with Crippen LogP contribution in [0.15, 0.2) is 76.7 Å². The maximum Gasteiger partial charge on any atom is 0.267 e. The molecule has 0 saturated carbocycles. The molecule has 0 bridgehead atoms. The topological polar surface area (TPSA) is 64.0 Å². The Morgan fingerprint density at radius 2 is 1.81 bits per heavy atom. The molecular weight excluding hydrogens is 493 g/mol. The van der Waals surface area contributed by atoms with Crippen LogP contribution < -0.4 is 10.9 Å². The van der Waals surface area contributed by atoms with Crippen molar-refractivity contribution >= 4 is 55.7 Å². The molecule has 1 aliphatic rings. The Labute approximate surface area is 215 Å². The second-order valence-corrected chi connectivity index (χ2v) is 10.8. The number of hydrogen-bond donors (Lipinski definition) is 1. The summed E-state index contributed by atoms with van der Waals surface area (Å²) in [6.45, 7) is 0. The fourth-order valence-electron chi connectivity index (χ4n) is 4.76. The standard InChI is InChI=1S/C28H22FN3O2S2/c29-18-12-14-19(15-13-18)30-24(33)16-35-28-31-26-25(21-9-3-4-11-23(21)36-26)27(34)32(28)22-10-5-7-17-6-1-2-8-20(17)22/h1-2,5-8,10,12-15H,3-4,9,11,16H2,(H,30,33). The third kappa shape index (κ3) is 4.20. The number of amides is 1. The second-order valence-electron chi connectivity index (χ2n) is 8.77. The van der Waals surface area contributed by atoms with Gasteiger partial charge in [-0.05, 0) is 67.0 Å². The summed E-state index contributed by atoms with van der Waals surface area (Å²) in [6, 6.07) is 19.5. The minimum atomic E-state index is -0.363. The molecule has 2 aromatic heterocycles. The number of fused-ring (bicyclic) bond motifs is 4. The summed E-state index contributed by atoms with van der Waals surface area (Å²) in [4.78, 5) is 33.7. The van der Waals surface area contributed by atoms with Crippen molar-refractivity contribution in [2.45, 2.75) is 30.8 Å². The fraction of sp³-hybridized carbons (Fsp3) is 0.179. The van der Waals surface area contributed by atoms with Crippen molar-refractivity contribution in [3.05, 3.63) is 93.3 Å². The lowest BCUT2D eigenvalue weighted by Gasteiger charge is -2.15. The molecule has 1 amide bonds. The van der Waals surface area contributed by atoms with Gasteiger partial charge in [0.2, 0.25) is 5.91 Å². The highest BCUT2D eigenvalue weighted by Gasteiger charge is 2.24. The number of hydrogen-bond acceptors (Lipinski definition) is 5. The quantitative estimate of drug-likeness (QED) is 0.219. The van der Waals surface area contributed by atoms with Crippen LogP contribution in [0.1, 0.15) is 23.3 Å². The van der Waals surface area contributed by atoms with E-state index >= 15 is 0 Å². The zero-order valence-corrected chi connectivity index (χ0v) is 20.9. The Bertz CT molecular complexity index is 1670. The van der Waals surface area contributed by atoms with Gasteiger partial charge in [-0.15, -0.1) is 11.3 Å². The van der Waals surface area contributed by atoms with E-state index in [0.29, 0.717) is 16.2 Å². The zero-order chi connectivity index (χ0) is 24.6. The second kappa shape index (κ2) is 9.52. The largest absolute Gasteiger partial charge is 0.325 e. The van der Waals surface area contributed by atoms with Crippen LogP contribution in [0.25, 0.3) is 26.7 Å². The summed E-state index contributed by atoms with van der Waals surface area (Å²) >= 11 is 2.83. The van der Waals surface area contributed by atoms with Gasteiger partial charge in [-0.25, -0.2) is 9.37 Å². The number of benzene rings is 3. The van der Waals surface area contributed by atoms with Crippen LogP contribution in [0.2, 0.25) is 0 Å². The van der Waals surface area contributed by atoms with Crippen molar-refractivity contribution in [2.75, 3.05) is 11.1 Å². The van der Waals surface area contributed by atoms with E-state index in [9.17, 15) is 14.0 Å². The summed E-state index contributed by atoms with van der Waals surface area (Å²) in [7, 11) is 0. The van der Waals surface area contributed by atoms with Crippen LogP contribution in [-0.2, 0) is 17.6 Å². The van der Waals surface area contributed by atoms with Gasteiger partial charge in [0.1, 0.15) is 10.6 Å². The van der Waals surface area contributed by atoms with E-state index in [0.717, 1.165) is 52.5 Å². The Balaban J connectivity index is 1.45. The first-order chi connectivity index (χ1) is 17.6. The number of halogens is 1. The van der Waals surface area contributed by atoms with Gasteiger partial charge >= 0.3 is 0 Å². The van der Waals surface area contributed by atoms with Crippen LogP contribution in [0, 0.1) is 5.82 Å². The van der Waals surface area contributed by atoms with Gasteiger partial charge < -0.3 is 5.32 Å². The number of nitrogens with zero attached hydrogens (tertiary/aromatic N) is 2. The van der Waals surface area contributed by atoms with Crippen LogP contribution in [0.3, 0.4) is 0 Å². The zero-order valence-electron chi connectivity index (χ0n) is 19.3. The van der Waals surface area contributed by atoms with E-state index < -0.39 is 0 Å². The number of nitrogens with one attached hydrogen (secondary N) is 1. The number of thioether (sulfide) groups is 1. The van der Waals surface area contributed by atoms with Gasteiger partial charge in [0.15, 0.2) is 5.16 Å². The minimum absolute atomic E-state index is 0.0607. The first kappa shape index (κ1) is 22.9. The lowest BCUT2D eigenvalue weighted by Crippen LogP contribution is -2.23. The average molecular weight is 516 g/mol. The van der Waals surface area contributed by atoms with E-state index in [1.807, 2.05) is 42.5 Å². The highest BCUT2D eigenvalue weighted by molar-refractivity contribution is 7.99. The molecule has 1 N–H and O–H groups in total. The first-order valence-corrected chi connectivity index (χ1v) is 13.6. The van der Waals surface area contributed by atoms with E-state index in [1.165, 1.54) is 40.9 Å². The monoisotopic (exact) mass is 515 g/mol. The van der Waals surface area contributed by atoms with Gasteiger partial charge in [-0.3, -0.25) is 14.2 Å². The smallest absolute Gasteiger partial charge is 0.267 e. The van der Waals surface area contributed by atoms with E-state index in [2.05, 4.69) is 5.32 Å². The SMILES string of the molecule is O=C(CSc1nc2sc3c(c2c(=O)n1-c1cccc2ccccc12)CCCC3)Nc1ccc(F)cc1. The molecule has 3 aromatic carbocycles. The third-order valence-corrected chi connectivity index (χ3v) is 8.55. The predicted octanol–water partition coefficient (Wildman–Crippen LogP) is 6.35. The Morgan fingerprint density at radius 3 is 2.67 bits per heavy atom. The fourth-order valence-corrected chi connectivity index (χ4v) is 6.87. The average Bonchev–Trinajstić information content (AvgIpc) is 3.27. The highest BCUT2D eigenvalue weighted by Crippen LogP contribution is 2.36. The Morgan fingerprint density at radius 1 is 1.03 bits per heavy atom. The summed E-state index contributed by atoms with van der Waals surface area (Å²) in [6.07, 6.45) is 4.08. The summed E-state index contributed by atoms with van der Waals surface area (Å²) in [5, 5.41) is 5.95. The van der Waals surface area contributed by atoms with Gasteiger partial charge in [0.25, 0.3) is 5.56 Å². The Hall–Kier alpha value is -3.49. The molecule has 0 saturated heterocycles. The number of carbonyl (C=O) groups excluding carboxylic acids is 1. The van der Waals surface area contributed by atoms with Crippen molar-refractivity contribution in [3.63, 3.8) is 0 Å². The minimum Gasteiger partial charge on any atom is -0.325 e. The summed E-state index contributed by atoms with van der Waals surface area (Å²) in [5.41, 5.74) is 2.32. The van der Waals surface area contributed by atoms with Crippen LogP contribution in [0.4, 0.5) is 10.1 Å². The molecule has 1 aliphatic carbocycles. The van der Waals surface area contributed by atoms with E-state index in [1.54, 1.807) is 15.9 Å². The molecule has 0 unspecified atom stereocenters. The Kier molecular flexibility index (Phi) is 6.07. The highest BCUT2D eigenvalue weighted by atomic mass is 32.2. The van der Waals surface area contributed by atoms with Crippen molar-refractivity contribution in [1.29, 1.82) is 0 Å². The number of anilines is 1. The predicted molar refractivity (Wildman–Crippen MR) is 145 cm³/mol. The normalized spacial score (nSPS) is 13.1. The maximum atomic E-state index is 14.1. The van der Waals surface area contributed by atoms with E-state index in [-0.39, 0.29) is 23.0 Å². The molecule has 0 aliphatic heterocycles. The van der Waals surface area contributed by atoms with Gasteiger partial charge in [-0.1, -0.05) is 48.2 Å². The molecule has 0 atom stereocenters. The van der Waals surface area contributed by atoms with Gasteiger partial charge in [-0.2, -0.15) is 0 Å². The van der Waals surface area contributed by atoms with Crippen LogP contribution in [-0.4, -0.2) is 21.2 Å². The molecular formula is C28H22FN3O2S2. The lowest BCUT2D eigenvalue weighted by molar-refractivity contribution is -0.113. The van der Waals surface area contributed by atoms with Crippen molar-refractivity contribution in [3.8, 4) is 5.69 Å². The number of aryl methyl sites for hydroxylation is 2. The van der Waals surface area contributed by atoms with Gasteiger partial charge in [0.05, 0.1) is 16.8 Å². The number of carbonyl (C=O) groups is 1. The number of thiophene rings is 1. The molecule has 36 heavy (non-hydrogen) atoms. The van der Waals surface area contributed by atoms with Crippen LogP contribution in [0.5, 0.6) is 0 Å². The van der Waals surface area contributed by atoms with E-state index in [4.69, 9.17) is 4.98 Å². The molecule has 0 radical (unpaired) electrons. The van der Waals surface area contributed by atoms with Gasteiger partial charge in [0, 0.05) is 16.0 Å². The molecule has 0 fully saturated rings. The molecule has 6 rings (SSSR count).